The first-order valence-corrected chi connectivity index (χ1v) is 7.99. The highest BCUT2D eigenvalue weighted by atomic mass is 16.5. The van der Waals surface area contributed by atoms with Crippen LogP contribution in [-0.2, 0) is 11.2 Å². The van der Waals surface area contributed by atoms with Gasteiger partial charge in [0.1, 0.15) is 5.76 Å². The van der Waals surface area contributed by atoms with Crippen LogP contribution in [0.15, 0.2) is 40.9 Å². The summed E-state index contributed by atoms with van der Waals surface area (Å²) in [6.45, 7) is 3.90. The number of hydrogen-bond donors (Lipinski definition) is 2. The van der Waals surface area contributed by atoms with Crippen molar-refractivity contribution in [1.29, 1.82) is 0 Å². The van der Waals surface area contributed by atoms with Gasteiger partial charge in [-0.05, 0) is 18.4 Å². The molecule has 2 aromatic rings. The number of hydrogen-bond acceptors (Lipinski definition) is 4. The molecule has 6 heteroatoms. The topological polar surface area (TPSA) is 92.4 Å². The lowest BCUT2D eigenvalue weighted by Crippen LogP contribution is -2.37. The van der Waals surface area contributed by atoms with Crippen LogP contribution in [0.3, 0.4) is 0 Å². The van der Waals surface area contributed by atoms with Gasteiger partial charge in [-0.1, -0.05) is 49.3 Å². The van der Waals surface area contributed by atoms with Gasteiger partial charge in [0.2, 0.25) is 0 Å². The van der Waals surface area contributed by atoms with E-state index in [1.807, 2.05) is 44.2 Å². The zero-order valence-corrected chi connectivity index (χ0v) is 13.9. The minimum absolute atomic E-state index is 0.00611. The highest BCUT2D eigenvalue weighted by Gasteiger charge is 2.19. The maximum absolute atomic E-state index is 12.3. The average molecular weight is 330 g/mol. The van der Waals surface area contributed by atoms with Crippen molar-refractivity contribution in [1.82, 2.24) is 10.5 Å². The molecule has 1 aromatic carbocycles. The first-order valence-electron chi connectivity index (χ1n) is 7.99. The molecule has 2 N–H and O–H groups in total. The molecule has 0 fully saturated rings. The van der Waals surface area contributed by atoms with E-state index in [0.29, 0.717) is 18.6 Å². The summed E-state index contributed by atoms with van der Waals surface area (Å²) in [6, 6.07) is 11.0. The summed E-state index contributed by atoms with van der Waals surface area (Å²) in [5.41, 5.74) is 1.25. The highest BCUT2D eigenvalue weighted by molar-refractivity contribution is 5.92. The molecule has 1 atom stereocenters. The molecule has 0 radical (unpaired) electrons. The molecule has 24 heavy (non-hydrogen) atoms. The monoisotopic (exact) mass is 330 g/mol. The van der Waals surface area contributed by atoms with E-state index in [1.165, 1.54) is 0 Å². The number of aromatic nitrogens is 1. The van der Waals surface area contributed by atoms with Gasteiger partial charge in [-0.2, -0.15) is 0 Å². The number of aliphatic carboxylic acids is 1. The van der Waals surface area contributed by atoms with Gasteiger partial charge >= 0.3 is 5.97 Å². The molecule has 0 aliphatic heterocycles. The van der Waals surface area contributed by atoms with Crippen molar-refractivity contribution in [3.63, 3.8) is 0 Å². The quantitative estimate of drug-likeness (QED) is 0.776. The molecule has 1 aromatic heterocycles. The van der Waals surface area contributed by atoms with Crippen LogP contribution in [0, 0.1) is 0 Å². The Morgan fingerprint density at radius 2 is 1.96 bits per heavy atom. The lowest BCUT2D eigenvalue weighted by atomic mass is 10.0. The van der Waals surface area contributed by atoms with Crippen LogP contribution in [0.2, 0.25) is 0 Å². The highest BCUT2D eigenvalue weighted by Crippen LogP contribution is 2.15. The van der Waals surface area contributed by atoms with Crippen molar-refractivity contribution in [2.75, 3.05) is 0 Å². The molecule has 6 nitrogen and oxygen atoms in total. The number of carboxylic acids is 1. The Morgan fingerprint density at radius 3 is 2.54 bits per heavy atom. The van der Waals surface area contributed by atoms with Crippen LogP contribution in [0.4, 0.5) is 0 Å². The summed E-state index contributed by atoms with van der Waals surface area (Å²) in [5.74, 6) is -0.445. The number of rotatable bonds is 8. The second-order valence-corrected chi connectivity index (χ2v) is 6.06. The predicted molar refractivity (Wildman–Crippen MR) is 88.9 cm³/mol. The number of carboxylic acid groups (broad SMARTS) is 1. The second kappa shape index (κ2) is 8.29. The first-order chi connectivity index (χ1) is 11.5. The minimum Gasteiger partial charge on any atom is -0.481 e. The van der Waals surface area contributed by atoms with Crippen molar-refractivity contribution in [2.24, 2.45) is 0 Å². The Hall–Kier alpha value is -2.63. The van der Waals surface area contributed by atoms with Gasteiger partial charge in [-0.15, -0.1) is 0 Å². The van der Waals surface area contributed by atoms with Crippen LogP contribution in [0.1, 0.15) is 54.4 Å². The average Bonchev–Trinajstić information content (AvgIpc) is 3.04. The Balaban J connectivity index is 2.05. The summed E-state index contributed by atoms with van der Waals surface area (Å²) in [5, 5.41) is 15.6. The Labute approximate surface area is 140 Å². The molecule has 0 saturated heterocycles. The zero-order chi connectivity index (χ0) is 17.5. The SMILES string of the molecule is CC(C)c1cc(C(=O)NC(CCC(=O)O)Cc2ccccc2)no1. The van der Waals surface area contributed by atoms with Crippen LogP contribution in [-0.4, -0.2) is 28.2 Å². The van der Waals surface area contributed by atoms with E-state index in [0.717, 1.165) is 5.56 Å². The number of nitrogens with zero attached hydrogens (tertiary/aromatic N) is 1. The molecule has 0 aliphatic carbocycles. The molecule has 128 valence electrons. The standard InChI is InChI=1S/C18H22N2O4/c1-12(2)16-11-15(20-24-16)18(23)19-14(8-9-17(21)22)10-13-6-4-3-5-7-13/h3-7,11-12,14H,8-10H2,1-2H3,(H,19,23)(H,21,22). The summed E-state index contributed by atoms with van der Waals surface area (Å²) in [4.78, 5) is 23.2. The van der Waals surface area contributed by atoms with Crippen LogP contribution in [0.5, 0.6) is 0 Å². The number of amides is 1. The fourth-order valence-corrected chi connectivity index (χ4v) is 2.35. The van der Waals surface area contributed by atoms with Gasteiger partial charge in [0.15, 0.2) is 5.69 Å². The Bertz CT molecular complexity index is 679. The van der Waals surface area contributed by atoms with Gasteiger partial charge in [-0.25, -0.2) is 0 Å². The molecule has 2 rings (SSSR count). The van der Waals surface area contributed by atoms with Crippen LogP contribution >= 0.6 is 0 Å². The van der Waals surface area contributed by atoms with Crippen molar-refractivity contribution < 1.29 is 19.2 Å². The van der Waals surface area contributed by atoms with E-state index < -0.39 is 5.97 Å². The third-order valence-corrected chi connectivity index (χ3v) is 3.70. The first kappa shape index (κ1) is 17.7. The second-order valence-electron chi connectivity index (χ2n) is 6.06. The number of carbonyl (C=O) groups is 2. The van der Waals surface area contributed by atoms with Gasteiger partial charge in [-0.3, -0.25) is 9.59 Å². The van der Waals surface area contributed by atoms with Gasteiger partial charge in [0, 0.05) is 24.4 Å². The van der Waals surface area contributed by atoms with E-state index in [-0.39, 0.29) is 30.0 Å². The molecule has 0 saturated carbocycles. The third kappa shape index (κ3) is 5.22. The number of nitrogens with one attached hydrogen (secondary N) is 1. The van der Waals surface area contributed by atoms with Crippen LogP contribution < -0.4 is 5.32 Å². The molecule has 0 bridgehead atoms. The number of benzene rings is 1. The largest absolute Gasteiger partial charge is 0.481 e. The molecule has 0 aliphatic rings. The lowest BCUT2D eigenvalue weighted by Gasteiger charge is -2.17. The normalized spacial score (nSPS) is 12.1. The third-order valence-electron chi connectivity index (χ3n) is 3.70. The molecule has 1 unspecified atom stereocenters. The fourth-order valence-electron chi connectivity index (χ4n) is 2.35. The van der Waals surface area contributed by atoms with E-state index in [4.69, 9.17) is 9.63 Å². The van der Waals surface area contributed by atoms with Crippen molar-refractivity contribution in [3.05, 3.63) is 53.4 Å². The van der Waals surface area contributed by atoms with Gasteiger partial charge in [0.05, 0.1) is 0 Å². The zero-order valence-electron chi connectivity index (χ0n) is 13.9. The molecule has 1 heterocycles. The van der Waals surface area contributed by atoms with E-state index in [2.05, 4.69) is 10.5 Å². The summed E-state index contributed by atoms with van der Waals surface area (Å²) in [6.07, 6.45) is 0.910. The number of carbonyl (C=O) groups excluding carboxylic acids is 1. The minimum atomic E-state index is -0.883. The summed E-state index contributed by atoms with van der Waals surface area (Å²) >= 11 is 0. The summed E-state index contributed by atoms with van der Waals surface area (Å²) < 4.78 is 5.14. The van der Waals surface area contributed by atoms with Crippen LogP contribution in [0.25, 0.3) is 0 Å². The molecule has 0 spiro atoms. The molecule has 1 amide bonds. The smallest absolute Gasteiger partial charge is 0.303 e. The van der Waals surface area contributed by atoms with E-state index in [1.54, 1.807) is 6.07 Å². The Kier molecular flexibility index (Phi) is 6.12. The fraction of sp³-hybridized carbons (Fsp3) is 0.389. The van der Waals surface area contributed by atoms with Gasteiger partial charge < -0.3 is 14.9 Å². The predicted octanol–water partition coefficient (Wildman–Crippen LogP) is 3.00. The lowest BCUT2D eigenvalue weighted by molar-refractivity contribution is -0.137. The maximum Gasteiger partial charge on any atom is 0.303 e. The Morgan fingerprint density at radius 1 is 1.25 bits per heavy atom. The van der Waals surface area contributed by atoms with Crippen molar-refractivity contribution >= 4 is 11.9 Å². The maximum atomic E-state index is 12.3. The van der Waals surface area contributed by atoms with Gasteiger partial charge in [0.25, 0.3) is 5.91 Å². The van der Waals surface area contributed by atoms with Crippen molar-refractivity contribution in [2.45, 2.75) is 45.1 Å². The molecular formula is C18H22N2O4. The van der Waals surface area contributed by atoms with Crippen molar-refractivity contribution in [3.8, 4) is 0 Å². The van der Waals surface area contributed by atoms with E-state index >= 15 is 0 Å². The summed E-state index contributed by atoms with van der Waals surface area (Å²) in [7, 11) is 0. The van der Waals surface area contributed by atoms with E-state index in [9.17, 15) is 9.59 Å². The molecular weight excluding hydrogens is 308 g/mol.